The summed E-state index contributed by atoms with van der Waals surface area (Å²) in [7, 11) is 0. The third-order valence-corrected chi connectivity index (χ3v) is 1.95. The molecule has 0 spiro atoms. The van der Waals surface area contributed by atoms with Gasteiger partial charge >= 0.3 is 0 Å². The first-order valence-electron chi connectivity index (χ1n) is 4.01. The fraction of sp³-hybridized carbons (Fsp3) is 0.125. The Kier molecular flexibility index (Phi) is 1.81. The Morgan fingerprint density at radius 2 is 2.43 bits per heavy atom. The molecule has 0 saturated heterocycles. The minimum Gasteiger partial charge on any atom is -0.409 e. The highest BCUT2D eigenvalue weighted by Crippen LogP contribution is 2.12. The van der Waals surface area contributed by atoms with Crippen LogP contribution in [0, 0.1) is 6.92 Å². The van der Waals surface area contributed by atoms with Crippen LogP contribution in [0.4, 0.5) is 0 Å². The Balaban J connectivity index is 2.68. The molecule has 0 aliphatic rings. The van der Waals surface area contributed by atoms with Crippen molar-refractivity contribution in [2.24, 2.45) is 10.9 Å². The second-order valence-electron chi connectivity index (χ2n) is 2.90. The number of hydrogen-bond donors (Lipinski definition) is 3. The Morgan fingerprint density at radius 3 is 3.07 bits per heavy atom. The Labute approximate surface area is 79.5 Å². The van der Waals surface area contributed by atoms with E-state index in [0.717, 1.165) is 11.1 Å². The van der Waals surface area contributed by atoms with Gasteiger partial charge in [-0.05, 0) is 18.6 Å². The van der Waals surface area contributed by atoms with E-state index in [9.17, 15) is 0 Å². The minimum atomic E-state index is -0.0533. The lowest BCUT2D eigenvalue weighted by atomic mass is 10.3. The number of nitrogens with two attached hydrogens (primary N) is 1. The molecule has 0 saturated carbocycles. The smallest absolute Gasteiger partial charge is 0.206 e. The van der Waals surface area contributed by atoms with Crippen molar-refractivity contribution in [1.29, 1.82) is 0 Å². The fourth-order valence-electron chi connectivity index (χ4n) is 1.20. The summed E-state index contributed by atoms with van der Waals surface area (Å²) in [4.78, 5) is 11.0. The third-order valence-electron chi connectivity index (χ3n) is 1.95. The topological polar surface area (TPSA) is 100 Å². The van der Waals surface area contributed by atoms with E-state index in [1.165, 1.54) is 0 Å². The van der Waals surface area contributed by atoms with Crippen LogP contribution in [0.25, 0.3) is 11.2 Å². The van der Waals surface area contributed by atoms with Crippen molar-refractivity contribution in [3.8, 4) is 0 Å². The highest BCUT2D eigenvalue weighted by Gasteiger charge is 2.08. The maximum atomic E-state index is 8.47. The quantitative estimate of drug-likeness (QED) is 0.262. The Hall–Kier alpha value is -2.11. The summed E-state index contributed by atoms with van der Waals surface area (Å²) < 4.78 is 0. The number of amidine groups is 1. The summed E-state index contributed by atoms with van der Waals surface area (Å²) in [6, 6.07) is 1.86. The van der Waals surface area contributed by atoms with E-state index >= 15 is 0 Å². The monoisotopic (exact) mass is 191 g/mol. The van der Waals surface area contributed by atoms with Gasteiger partial charge in [0.1, 0.15) is 0 Å². The molecular formula is C8H9N5O. The number of aromatic amines is 1. The standard InChI is InChI=1S/C8H9N5O/c1-4-2-3-10-7-5(4)11-8(12-7)6(9)13-14/h2-3,14H,1H3,(H2,9,13)(H,10,11,12). The Bertz CT molecular complexity index is 501. The number of nitrogens with zero attached hydrogens (tertiary/aromatic N) is 3. The zero-order valence-electron chi connectivity index (χ0n) is 7.52. The van der Waals surface area contributed by atoms with Gasteiger partial charge in [-0.2, -0.15) is 0 Å². The largest absolute Gasteiger partial charge is 0.409 e. The molecule has 4 N–H and O–H groups in total. The molecule has 0 aliphatic carbocycles. The summed E-state index contributed by atoms with van der Waals surface area (Å²) >= 11 is 0. The SMILES string of the molecule is Cc1ccnc2nc(/C(N)=N\O)[nH]c12. The van der Waals surface area contributed by atoms with E-state index in [4.69, 9.17) is 10.9 Å². The molecule has 0 aliphatic heterocycles. The van der Waals surface area contributed by atoms with Gasteiger partial charge in [0.2, 0.25) is 5.84 Å². The Morgan fingerprint density at radius 1 is 1.64 bits per heavy atom. The lowest BCUT2D eigenvalue weighted by molar-refractivity contribution is 0.318. The van der Waals surface area contributed by atoms with Crippen LogP contribution >= 0.6 is 0 Å². The number of hydrogen-bond acceptors (Lipinski definition) is 4. The van der Waals surface area contributed by atoms with Crippen LogP contribution in [0.1, 0.15) is 11.4 Å². The highest BCUT2D eigenvalue weighted by molar-refractivity contribution is 5.96. The van der Waals surface area contributed by atoms with Gasteiger partial charge < -0.3 is 15.9 Å². The molecule has 0 bridgehead atoms. The number of oxime groups is 1. The van der Waals surface area contributed by atoms with Gasteiger partial charge in [-0.15, -0.1) is 0 Å². The molecule has 0 amide bonds. The number of fused-ring (bicyclic) bond motifs is 1. The second-order valence-corrected chi connectivity index (χ2v) is 2.90. The first-order chi connectivity index (χ1) is 6.72. The van der Waals surface area contributed by atoms with Crippen LogP contribution in [0.3, 0.4) is 0 Å². The van der Waals surface area contributed by atoms with Crippen molar-refractivity contribution in [2.75, 3.05) is 0 Å². The molecule has 0 atom stereocenters. The molecule has 2 aromatic rings. The predicted molar refractivity (Wildman–Crippen MR) is 51.1 cm³/mol. The van der Waals surface area contributed by atoms with Crippen molar-refractivity contribution >= 4 is 17.0 Å². The molecule has 2 heterocycles. The summed E-state index contributed by atoms with van der Waals surface area (Å²) in [5.74, 6) is 0.270. The number of nitrogens with one attached hydrogen (secondary N) is 1. The molecule has 2 aromatic heterocycles. The fourth-order valence-corrected chi connectivity index (χ4v) is 1.20. The van der Waals surface area contributed by atoms with Gasteiger partial charge in [-0.1, -0.05) is 5.16 Å². The van der Waals surface area contributed by atoms with Gasteiger partial charge in [0, 0.05) is 6.20 Å². The predicted octanol–water partition coefficient (Wildman–Crippen LogP) is 0.361. The second kappa shape index (κ2) is 2.99. The van der Waals surface area contributed by atoms with Gasteiger partial charge in [-0.25, -0.2) is 9.97 Å². The third kappa shape index (κ3) is 1.17. The van der Waals surface area contributed by atoms with Crippen LogP contribution in [0.5, 0.6) is 0 Å². The molecule has 2 rings (SSSR count). The summed E-state index contributed by atoms with van der Waals surface area (Å²) in [5, 5.41) is 11.3. The van der Waals surface area contributed by atoms with E-state index in [0.29, 0.717) is 11.5 Å². The lowest BCUT2D eigenvalue weighted by Crippen LogP contribution is -2.14. The van der Waals surface area contributed by atoms with Gasteiger partial charge in [0.05, 0.1) is 5.52 Å². The molecule has 0 aromatic carbocycles. The molecule has 0 radical (unpaired) electrons. The number of H-pyrrole nitrogens is 1. The normalized spacial score (nSPS) is 12.2. The summed E-state index contributed by atoms with van der Waals surface area (Å²) in [5.41, 5.74) is 7.76. The van der Waals surface area contributed by atoms with Crippen molar-refractivity contribution in [3.05, 3.63) is 23.7 Å². The van der Waals surface area contributed by atoms with Crippen LogP contribution in [0.15, 0.2) is 17.4 Å². The van der Waals surface area contributed by atoms with Crippen LogP contribution < -0.4 is 5.73 Å². The minimum absolute atomic E-state index is 0.0533. The number of aryl methyl sites for hydroxylation is 1. The zero-order valence-corrected chi connectivity index (χ0v) is 7.52. The molecule has 0 unspecified atom stereocenters. The molecule has 0 fully saturated rings. The van der Waals surface area contributed by atoms with Crippen molar-refractivity contribution in [2.45, 2.75) is 6.92 Å². The number of imidazole rings is 1. The van der Waals surface area contributed by atoms with Crippen LogP contribution in [0.2, 0.25) is 0 Å². The molecular weight excluding hydrogens is 182 g/mol. The van der Waals surface area contributed by atoms with Crippen molar-refractivity contribution in [1.82, 2.24) is 15.0 Å². The van der Waals surface area contributed by atoms with E-state index in [1.807, 2.05) is 13.0 Å². The summed E-state index contributed by atoms with van der Waals surface area (Å²) in [6.07, 6.45) is 1.66. The number of aromatic nitrogens is 3. The van der Waals surface area contributed by atoms with E-state index < -0.39 is 0 Å². The van der Waals surface area contributed by atoms with Crippen molar-refractivity contribution in [3.63, 3.8) is 0 Å². The summed E-state index contributed by atoms with van der Waals surface area (Å²) in [6.45, 7) is 1.93. The van der Waals surface area contributed by atoms with E-state index in [-0.39, 0.29) is 5.84 Å². The first kappa shape index (κ1) is 8.49. The van der Waals surface area contributed by atoms with E-state index in [2.05, 4.69) is 20.1 Å². The number of pyridine rings is 1. The maximum Gasteiger partial charge on any atom is 0.206 e. The van der Waals surface area contributed by atoms with Gasteiger partial charge in [-0.3, -0.25) is 0 Å². The van der Waals surface area contributed by atoms with E-state index in [1.54, 1.807) is 6.20 Å². The van der Waals surface area contributed by atoms with Crippen LogP contribution in [-0.2, 0) is 0 Å². The average molecular weight is 191 g/mol. The van der Waals surface area contributed by atoms with Crippen molar-refractivity contribution < 1.29 is 5.21 Å². The highest BCUT2D eigenvalue weighted by atomic mass is 16.4. The molecule has 72 valence electrons. The molecule has 6 nitrogen and oxygen atoms in total. The zero-order chi connectivity index (χ0) is 10.1. The molecule has 14 heavy (non-hydrogen) atoms. The van der Waals surface area contributed by atoms with Gasteiger partial charge in [0.25, 0.3) is 0 Å². The lowest BCUT2D eigenvalue weighted by Gasteiger charge is -1.91. The number of rotatable bonds is 1. The average Bonchev–Trinajstić information content (AvgIpc) is 2.62. The van der Waals surface area contributed by atoms with Gasteiger partial charge in [0.15, 0.2) is 11.5 Å². The molecule has 6 heteroatoms. The van der Waals surface area contributed by atoms with Crippen LogP contribution in [-0.4, -0.2) is 26.0 Å². The first-order valence-corrected chi connectivity index (χ1v) is 4.01. The maximum absolute atomic E-state index is 8.47.